The molecule has 196 valence electrons. The number of halogens is 4. The number of hydrazone groups is 1. The molecule has 3 aromatic rings. The van der Waals surface area contributed by atoms with Crippen molar-refractivity contribution in [3.63, 3.8) is 0 Å². The molecule has 0 radical (unpaired) electrons. The normalized spacial score (nSPS) is 11.4. The Labute approximate surface area is 232 Å². The molecule has 3 aromatic carbocycles. The highest BCUT2D eigenvalue weighted by molar-refractivity contribution is 9.10. The van der Waals surface area contributed by atoms with Gasteiger partial charge in [0.15, 0.2) is 11.5 Å². The van der Waals surface area contributed by atoms with Crippen molar-refractivity contribution in [3.8, 4) is 11.5 Å². The van der Waals surface area contributed by atoms with Gasteiger partial charge in [0.2, 0.25) is 10.0 Å². The van der Waals surface area contributed by atoms with Crippen molar-refractivity contribution in [2.45, 2.75) is 6.61 Å². The van der Waals surface area contributed by atoms with E-state index in [9.17, 15) is 17.6 Å². The molecule has 1 amide bonds. The van der Waals surface area contributed by atoms with Crippen molar-refractivity contribution in [1.82, 2.24) is 5.43 Å². The minimum atomic E-state index is -3.81. The third kappa shape index (κ3) is 8.06. The SMILES string of the molecule is COc1cc(/C=N\NC(=O)CN(c2ccc(F)cc2)S(C)(=O)=O)cc(Br)c1OCc1ccc(Cl)c(Cl)c1. The molecule has 0 atom stereocenters. The Kier molecular flexibility index (Phi) is 9.77. The number of hydrogen-bond acceptors (Lipinski definition) is 6. The number of hydrogen-bond donors (Lipinski definition) is 1. The Morgan fingerprint density at radius 3 is 2.46 bits per heavy atom. The maximum absolute atomic E-state index is 13.2. The number of amides is 1. The van der Waals surface area contributed by atoms with E-state index in [2.05, 4.69) is 26.5 Å². The zero-order chi connectivity index (χ0) is 27.2. The van der Waals surface area contributed by atoms with Crippen LogP contribution in [0.2, 0.25) is 10.0 Å². The lowest BCUT2D eigenvalue weighted by Crippen LogP contribution is -2.39. The van der Waals surface area contributed by atoms with Crippen LogP contribution in [-0.2, 0) is 21.4 Å². The molecule has 0 unspecified atom stereocenters. The van der Waals surface area contributed by atoms with Gasteiger partial charge in [-0.2, -0.15) is 5.10 Å². The maximum atomic E-state index is 13.2. The van der Waals surface area contributed by atoms with Gasteiger partial charge in [0.25, 0.3) is 5.91 Å². The van der Waals surface area contributed by atoms with Crippen molar-refractivity contribution in [1.29, 1.82) is 0 Å². The molecule has 0 spiro atoms. The highest BCUT2D eigenvalue weighted by Gasteiger charge is 2.21. The minimum Gasteiger partial charge on any atom is -0.493 e. The van der Waals surface area contributed by atoms with Crippen LogP contribution in [0, 0.1) is 5.82 Å². The second-order valence-electron chi connectivity index (χ2n) is 7.61. The maximum Gasteiger partial charge on any atom is 0.260 e. The average molecular weight is 633 g/mol. The summed E-state index contributed by atoms with van der Waals surface area (Å²) < 4.78 is 50.2. The first-order chi connectivity index (χ1) is 17.5. The summed E-state index contributed by atoms with van der Waals surface area (Å²) in [4.78, 5) is 12.4. The van der Waals surface area contributed by atoms with Crippen molar-refractivity contribution >= 4 is 67.0 Å². The monoisotopic (exact) mass is 631 g/mol. The molecular weight excluding hydrogens is 612 g/mol. The first kappa shape index (κ1) is 28.7. The second kappa shape index (κ2) is 12.6. The minimum absolute atomic E-state index is 0.146. The number of nitrogens with zero attached hydrogens (tertiary/aromatic N) is 2. The third-order valence-electron chi connectivity index (χ3n) is 4.82. The fourth-order valence-corrected chi connectivity index (χ4v) is 4.84. The topological polar surface area (TPSA) is 97.3 Å². The van der Waals surface area contributed by atoms with E-state index in [1.807, 2.05) is 0 Å². The summed E-state index contributed by atoms with van der Waals surface area (Å²) in [7, 11) is -2.33. The molecule has 3 rings (SSSR count). The quantitative estimate of drug-likeness (QED) is 0.239. The smallest absolute Gasteiger partial charge is 0.260 e. The third-order valence-corrected chi connectivity index (χ3v) is 7.29. The zero-order valence-electron chi connectivity index (χ0n) is 19.5. The first-order valence-electron chi connectivity index (χ1n) is 10.5. The van der Waals surface area contributed by atoms with Crippen LogP contribution in [0.25, 0.3) is 0 Å². The van der Waals surface area contributed by atoms with Crippen LogP contribution >= 0.6 is 39.1 Å². The molecule has 0 saturated carbocycles. The van der Waals surface area contributed by atoms with Gasteiger partial charge in [0.1, 0.15) is 19.0 Å². The summed E-state index contributed by atoms with van der Waals surface area (Å²) in [5.41, 5.74) is 3.79. The molecule has 0 aliphatic rings. The summed E-state index contributed by atoms with van der Waals surface area (Å²) in [5, 5.41) is 4.75. The number of sulfonamides is 1. The number of nitrogens with one attached hydrogen (secondary N) is 1. The van der Waals surface area contributed by atoms with Crippen molar-refractivity contribution < 1.29 is 27.1 Å². The molecule has 13 heteroatoms. The number of anilines is 1. The Morgan fingerprint density at radius 2 is 1.84 bits per heavy atom. The van der Waals surface area contributed by atoms with Crippen LogP contribution < -0.4 is 19.2 Å². The van der Waals surface area contributed by atoms with Gasteiger partial charge in [-0.1, -0.05) is 29.3 Å². The van der Waals surface area contributed by atoms with Crippen LogP contribution in [0.4, 0.5) is 10.1 Å². The summed E-state index contributed by atoms with van der Waals surface area (Å²) in [6.45, 7) is -0.337. The Hall–Kier alpha value is -2.86. The molecule has 0 aliphatic heterocycles. The first-order valence-corrected chi connectivity index (χ1v) is 13.9. The second-order valence-corrected chi connectivity index (χ2v) is 11.2. The van der Waals surface area contributed by atoms with Gasteiger partial charge in [0.05, 0.1) is 39.8 Å². The number of carbonyl (C=O) groups is 1. The van der Waals surface area contributed by atoms with Gasteiger partial charge in [-0.15, -0.1) is 0 Å². The number of benzene rings is 3. The van der Waals surface area contributed by atoms with E-state index in [1.54, 1.807) is 30.3 Å². The van der Waals surface area contributed by atoms with E-state index >= 15 is 0 Å². The van der Waals surface area contributed by atoms with Crippen molar-refractivity contribution in [3.05, 3.63) is 86.1 Å². The molecular formula is C24H21BrCl2FN3O5S. The lowest BCUT2D eigenvalue weighted by atomic mass is 10.2. The van der Waals surface area contributed by atoms with Gasteiger partial charge >= 0.3 is 0 Å². The summed E-state index contributed by atoms with van der Waals surface area (Å²) in [6, 6.07) is 13.3. The number of methoxy groups -OCH3 is 1. The van der Waals surface area contributed by atoms with Gasteiger partial charge in [-0.25, -0.2) is 18.2 Å². The van der Waals surface area contributed by atoms with E-state index in [0.717, 1.165) is 28.3 Å². The van der Waals surface area contributed by atoms with Crippen molar-refractivity contribution in [2.24, 2.45) is 5.10 Å². The largest absolute Gasteiger partial charge is 0.493 e. The van der Waals surface area contributed by atoms with Gasteiger partial charge < -0.3 is 9.47 Å². The highest BCUT2D eigenvalue weighted by Crippen LogP contribution is 2.37. The van der Waals surface area contributed by atoms with E-state index in [1.165, 1.54) is 25.5 Å². The molecule has 8 nitrogen and oxygen atoms in total. The summed E-state index contributed by atoms with van der Waals surface area (Å²) in [5.74, 6) is -0.378. The van der Waals surface area contributed by atoms with E-state index in [-0.39, 0.29) is 12.3 Å². The van der Waals surface area contributed by atoms with E-state index in [4.69, 9.17) is 32.7 Å². The molecule has 1 N–H and O–H groups in total. The molecule has 0 saturated heterocycles. The molecule has 0 heterocycles. The van der Waals surface area contributed by atoms with Crippen LogP contribution in [0.3, 0.4) is 0 Å². The number of ether oxygens (including phenoxy) is 2. The predicted octanol–water partition coefficient (Wildman–Crippen LogP) is 5.40. The van der Waals surface area contributed by atoms with Crippen molar-refractivity contribution in [2.75, 3.05) is 24.2 Å². The van der Waals surface area contributed by atoms with Crippen LogP contribution in [-0.4, -0.2) is 40.4 Å². The molecule has 0 bridgehead atoms. The number of rotatable bonds is 10. The fraction of sp³-hybridized carbons (Fsp3) is 0.167. The Balaban J connectivity index is 1.67. The molecule has 0 aromatic heterocycles. The van der Waals surface area contributed by atoms with Gasteiger partial charge in [-0.3, -0.25) is 9.10 Å². The molecule has 0 aliphatic carbocycles. The Bertz CT molecular complexity index is 1420. The highest BCUT2D eigenvalue weighted by atomic mass is 79.9. The molecule has 37 heavy (non-hydrogen) atoms. The molecule has 0 fully saturated rings. The van der Waals surface area contributed by atoms with Gasteiger partial charge in [0, 0.05) is 0 Å². The van der Waals surface area contributed by atoms with E-state index < -0.39 is 28.3 Å². The average Bonchev–Trinajstić information content (AvgIpc) is 2.83. The van der Waals surface area contributed by atoms with E-state index in [0.29, 0.717) is 31.6 Å². The van der Waals surface area contributed by atoms with Gasteiger partial charge in [-0.05, 0) is 75.6 Å². The Morgan fingerprint density at radius 1 is 1.14 bits per heavy atom. The lowest BCUT2D eigenvalue weighted by molar-refractivity contribution is -0.119. The predicted molar refractivity (Wildman–Crippen MR) is 146 cm³/mol. The van der Waals surface area contributed by atoms with Crippen LogP contribution in [0.5, 0.6) is 11.5 Å². The number of carbonyl (C=O) groups excluding carboxylic acids is 1. The fourth-order valence-electron chi connectivity index (χ4n) is 3.09. The zero-order valence-corrected chi connectivity index (χ0v) is 23.5. The van der Waals surface area contributed by atoms with Crippen LogP contribution in [0.15, 0.2) is 64.2 Å². The standard InChI is InChI=1S/C24H21BrCl2FN3O5S/c1-35-22-11-16(9-19(25)24(22)36-14-15-3-8-20(26)21(27)10-15)12-29-30-23(32)13-31(37(2,33)34)18-6-4-17(28)5-7-18/h3-12H,13-14H2,1-2H3,(H,30,32)/b29-12-. The lowest BCUT2D eigenvalue weighted by Gasteiger charge is -2.21. The summed E-state index contributed by atoms with van der Waals surface area (Å²) in [6.07, 6.45) is 2.30. The van der Waals surface area contributed by atoms with Crippen LogP contribution in [0.1, 0.15) is 11.1 Å². The summed E-state index contributed by atoms with van der Waals surface area (Å²) >= 11 is 15.4.